The number of para-hydroxylation sites is 1. The summed E-state index contributed by atoms with van der Waals surface area (Å²) in [5, 5.41) is 6.62. The van der Waals surface area contributed by atoms with Crippen molar-refractivity contribution in [3.05, 3.63) is 65.7 Å². The van der Waals surface area contributed by atoms with Crippen LogP contribution in [0, 0.1) is 0 Å². The van der Waals surface area contributed by atoms with E-state index in [2.05, 4.69) is 10.6 Å². The minimum atomic E-state index is -0.762. The van der Waals surface area contributed by atoms with Crippen molar-refractivity contribution < 1.29 is 23.8 Å². The van der Waals surface area contributed by atoms with Crippen LogP contribution in [0.2, 0.25) is 0 Å². The quantitative estimate of drug-likeness (QED) is 0.444. The predicted octanol–water partition coefficient (Wildman–Crippen LogP) is 3.65. The minimum absolute atomic E-state index is 0.0665. The summed E-state index contributed by atoms with van der Waals surface area (Å²) in [6.07, 6.45) is 1.12. The van der Waals surface area contributed by atoms with Crippen molar-refractivity contribution in [2.45, 2.75) is 50.8 Å². The first kappa shape index (κ1) is 24.7. The van der Waals surface area contributed by atoms with Gasteiger partial charge in [-0.05, 0) is 57.0 Å². The molecule has 2 N–H and O–H groups in total. The molecule has 0 saturated carbocycles. The molecular weight excluding hydrogens is 420 g/mol. The summed E-state index contributed by atoms with van der Waals surface area (Å²) in [4.78, 5) is 25.2. The van der Waals surface area contributed by atoms with Gasteiger partial charge >= 0.3 is 5.97 Å². The summed E-state index contributed by atoms with van der Waals surface area (Å²) in [7, 11) is 1.35. The fraction of sp³-hybridized carbons (Fsp3) is 0.462. The van der Waals surface area contributed by atoms with Crippen LogP contribution in [0.25, 0.3) is 0 Å². The van der Waals surface area contributed by atoms with Crippen molar-refractivity contribution in [2.75, 3.05) is 26.9 Å². The van der Waals surface area contributed by atoms with Gasteiger partial charge in [0.05, 0.1) is 24.3 Å². The average molecular weight is 455 g/mol. The molecule has 1 fully saturated rings. The van der Waals surface area contributed by atoms with Gasteiger partial charge in [0, 0.05) is 19.6 Å². The summed E-state index contributed by atoms with van der Waals surface area (Å²) in [5.41, 5.74) is 0.198. The molecule has 33 heavy (non-hydrogen) atoms. The molecule has 3 rings (SSSR count). The smallest absolute Gasteiger partial charge is 0.337 e. The molecule has 2 aromatic rings. The molecule has 7 nitrogen and oxygen atoms in total. The van der Waals surface area contributed by atoms with Crippen LogP contribution >= 0.6 is 0 Å². The Balaban J connectivity index is 1.66. The highest BCUT2D eigenvalue weighted by molar-refractivity contribution is 5.89. The zero-order valence-electron chi connectivity index (χ0n) is 19.9. The van der Waals surface area contributed by atoms with Gasteiger partial charge in [0.15, 0.2) is 0 Å². The summed E-state index contributed by atoms with van der Waals surface area (Å²) in [5.74, 6) is 0.348. The maximum absolute atomic E-state index is 13.5. The normalized spacial score (nSPS) is 20.5. The van der Waals surface area contributed by atoms with Gasteiger partial charge in [0.2, 0.25) is 5.91 Å². The van der Waals surface area contributed by atoms with E-state index in [4.69, 9.17) is 14.2 Å². The van der Waals surface area contributed by atoms with E-state index in [1.165, 1.54) is 7.11 Å². The number of benzene rings is 2. The number of nitrogens with one attached hydrogen (secondary N) is 2. The fourth-order valence-electron chi connectivity index (χ4n) is 4.21. The third-order valence-electron chi connectivity index (χ3n) is 5.94. The van der Waals surface area contributed by atoms with E-state index < -0.39 is 11.1 Å². The van der Waals surface area contributed by atoms with E-state index in [-0.39, 0.29) is 17.9 Å². The van der Waals surface area contributed by atoms with Crippen LogP contribution in [0.1, 0.15) is 55.6 Å². The van der Waals surface area contributed by atoms with Gasteiger partial charge in [-0.2, -0.15) is 0 Å². The van der Waals surface area contributed by atoms with Crippen LogP contribution in [0.3, 0.4) is 0 Å². The first-order valence-electron chi connectivity index (χ1n) is 11.3. The van der Waals surface area contributed by atoms with Crippen LogP contribution in [0.4, 0.5) is 0 Å². The van der Waals surface area contributed by atoms with E-state index in [1.54, 1.807) is 12.1 Å². The number of amides is 1. The van der Waals surface area contributed by atoms with Gasteiger partial charge in [0.1, 0.15) is 17.9 Å². The van der Waals surface area contributed by atoms with Gasteiger partial charge in [-0.3, -0.25) is 10.1 Å². The van der Waals surface area contributed by atoms with Gasteiger partial charge in [0.25, 0.3) is 0 Å². The number of ether oxygens (including phenoxy) is 3. The Kier molecular flexibility index (Phi) is 8.10. The highest BCUT2D eigenvalue weighted by Crippen LogP contribution is 2.33. The van der Waals surface area contributed by atoms with Crippen molar-refractivity contribution in [2.24, 2.45) is 0 Å². The second kappa shape index (κ2) is 10.8. The highest BCUT2D eigenvalue weighted by Gasteiger charge is 2.46. The number of methoxy groups -OCH3 is 1. The summed E-state index contributed by atoms with van der Waals surface area (Å²) in [6.45, 7) is 7.42. The Labute approximate surface area is 195 Å². The third kappa shape index (κ3) is 6.55. The lowest BCUT2D eigenvalue weighted by atomic mass is 9.80. The fourth-order valence-corrected chi connectivity index (χ4v) is 4.21. The van der Waals surface area contributed by atoms with E-state index in [0.29, 0.717) is 38.2 Å². The number of hydrogen-bond acceptors (Lipinski definition) is 6. The van der Waals surface area contributed by atoms with E-state index in [1.807, 2.05) is 63.2 Å². The zero-order chi connectivity index (χ0) is 23.9. The Morgan fingerprint density at radius 2 is 1.79 bits per heavy atom. The van der Waals surface area contributed by atoms with Gasteiger partial charge in [-0.25, -0.2) is 4.79 Å². The predicted molar refractivity (Wildman–Crippen MR) is 126 cm³/mol. The molecule has 1 aliphatic rings. The van der Waals surface area contributed by atoms with Gasteiger partial charge in [-0.1, -0.05) is 30.3 Å². The number of hydrogen-bond donors (Lipinski definition) is 2. The Hall–Kier alpha value is -2.90. The first-order chi connectivity index (χ1) is 15.7. The molecule has 0 bridgehead atoms. The molecule has 1 unspecified atom stereocenters. The Bertz CT molecular complexity index is 929. The van der Waals surface area contributed by atoms with E-state index in [9.17, 15) is 9.59 Å². The van der Waals surface area contributed by atoms with E-state index >= 15 is 0 Å². The topological polar surface area (TPSA) is 85.9 Å². The second-order valence-electron chi connectivity index (χ2n) is 9.01. The standard InChI is InChI=1S/C26H34N2O5/c1-19(20-10-12-21(13-11-20)23(29)31-4)28-24(30)26(14-16-33-25(2,3)18-26)27-15-17-32-22-8-6-5-7-9-22/h5-13,19,27H,14-18H2,1-4H3,(H,28,30)/t19-,26?/m0/s1. The Morgan fingerprint density at radius 1 is 1.09 bits per heavy atom. The van der Waals surface area contributed by atoms with Gasteiger partial charge < -0.3 is 19.5 Å². The number of esters is 1. The average Bonchev–Trinajstić information content (AvgIpc) is 2.81. The molecule has 1 saturated heterocycles. The van der Waals surface area contributed by atoms with E-state index in [0.717, 1.165) is 11.3 Å². The number of carbonyl (C=O) groups excluding carboxylic acids is 2. The van der Waals surface area contributed by atoms with Crippen molar-refractivity contribution in [3.8, 4) is 5.75 Å². The van der Waals surface area contributed by atoms with Crippen molar-refractivity contribution in [1.82, 2.24) is 10.6 Å². The second-order valence-corrected chi connectivity index (χ2v) is 9.01. The largest absolute Gasteiger partial charge is 0.492 e. The van der Waals surface area contributed by atoms with Crippen molar-refractivity contribution in [1.29, 1.82) is 0 Å². The molecule has 0 aliphatic carbocycles. The number of carbonyl (C=O) groups is 2. The molecule has 0 radical (unpaired) electrons. The lowest BCUT2D eigenvalue weighted by Gasteiger charge is -2.44. The monoisotopic (exact) mass is 454 g/mol. The molecule has 0 spiro atoms. The third-order valence-corrected chi connectivity index (χ3v) is 5.94. The molecular formula is C26H34N2O5. The lowest BCUT2D eigenvalue weighted by molar-refractivity contribution is -0.142. The maximum atomic E-state index is 13.5. The molecule has 1 amide bonds. The van der Waals surface area contributed by atoms with Crippen LogP contribution in [-0.4, -0.2) is 49.9 Å². The summed E-state index contributed by atoms with van der Waals surface area (Å²) < 4.78 is 16.4. The first-order valence-corrected chi connectivity index (χ1v) is 11.3. The lowest BCUT2D eigenvalue weighted by Crippen LogP contribution is -2.63. The molecule has 178 valence electrons. The summed E-state index contributed by atoms with van der Waals surface area (Å²) in [6, 6.07) is 16.5. The number of rotatable bonds is 9. The molecule has 0 aromatic heterocycles. The SMILES string of the molecule is COC(=O)c1ccc([C@H](C)NC(=O)C2(NCCOc3ccccc3)CCOC(C)(C)C2)cc1. The zero-order valence-corrected chi connectivity index (χ0v) is 19.9. The van der Waals surface area contributed by atoms with Crippen LogP contribution in [0.15, 0.2) is 54.6 Å². The van der Waals surface area contributed by atoms with Crippen LogP contribution in [-0.2, 0) is 14.3 Å². The van der Waals surface area contributed by atoms with Crippen LogP contribution < -0.4 is 15.4 Å². The molecule has 1 aliphatic heterocycles. The molecule has 2 atom stereocenters. The van der Waals surface area contributed by atoms with Gasteiger partial charge in [-0.15, -0.1) is 0 Å². The van der Waals surface area contributed by atoms with Crippen molar-refractivity contribution >= 4 is 11.9 Å². The molecule has 7 heteroatoms. The molecule has 2 aromatic carbocycles. The summed E-state index contributed by atoms with van der Waals surface area (Å²) >= 11 is 0. The highest BCUT2D eigenvalue weighted by atomic mass is 16.5. The minimum Gasteiger partial charge on any atom is -0.492 e. The Morgan fingerprint density at radius 3 is 2.42 bits per heavy atom. The maximum Gasteiger partial charge on any atom is 0.337 e. The molecule has 1 heterocycles. The van der Waals surface area contributed by atoms with Crippen molar-refractivity contribution in [3.63, 3.8) is 0 Å². The van der Waals surface area contributed by atoms with Crippen LogP contribution in [0.5, 0.6) is 5.75 Å².